The molecule has 0 aliphatic rings. The third-order valence-corrected chi connectivity index (χ3v) is 3.27. The summed E-state index contributed by atoms with van der Waals surface area (Å²) < 4.78 is 2.04. The Bertz CT molecular complexity index is 435. The highest BCUT2D eigenvalue weighted by Crippen LogP contribution is 2.10. The summed E-state index contributed by atoms with van der Waals surface area (Å²) in [5, 5.41) is 4.29. The van der Waals surface area contributed by atoms with E-state index in [1.165, 1.54) is 5.56 Å². The van der Waals surface area contributed by atoms with Crippen LogP contribution < -0.4 is 5.73 Å². The van der Waals surface area contributed by atoms with Crippen LogP contribution in [0.2, 0.25) is 0 Å². The topological polar surface area (TPSA) is 47.1 Å². The summed E-state index contributed by atoms with van der Waals surface area (Å²) in [6.07, 6.45) is 3.91. The second-order valence-electron chi connectivity index (χ2n) is 4.20. The molecular weight excluding hydrogens is 232 g/mol. The first-order valence-corrected chi connectivity index (χ1v) is 6.62. The molecule has 0 aliphatic carbocycles. The molecular formula is C12H18N4S. The van der Waals surface area contributed by atoms with Crippen molar-refractivity contribution in [3.63, 3.8) is 0 Å². The van der Waals surface area contributed by atoms with Crippen molar-refractivity contribution in [3.8, 4) is 0 Å². The molecule has 0 unspecified atom stereocenters. The molecule has 0 fully saturated rings. The highest BCUT2D eigenvalue weighted by Gasteiger charge is 2.04. The van der Waals surface area contributed by atoms with Crippen LogP contribution in [0.4, 0.5) is 0 Å². The van der Waals surface area contributed by atoms with E-state index in [0.717, 1.165) is 25.3 Å². The van der Waals surface area contributed by atoms with Gasteiger partial charge in [-0.3, -0.25) is 4.90 Å². The molecule has 5 heteroatoms. The number of hydrogen-bond acceptors (Lipinski definition) is 4. The monoisotopic (exact) mass is 250 g/mol. The molecule has 0 radical (unpaired) electrons. The van der Waals surface area contributed by atoms with Crippen LogP contribution in [0, 0.1) is 0 Å². The predicted molar refractivity (Wildman–Crippen MR) is 70.8 cm³/mol. The number of rotatable bonds is 6. The number of thiophene rings is 1. The molecule has 92 valence electrons. The van der Waals surface area contributed by atoms with Gasteiger partial charge in [0.15, 0.2) is 0 Å². The van der Waals surface area contributed by atoms with Gasteiger partial charge in [0, 0.05) is 32.4 Å². The van der Waals surface area contributed by atoms with Gasteiger partial charge in [-0.1, -0.05) is 0 Å². The quantitative estimate of drug-likeness (QED) is 0.846. The average molecular weight is 250 g/mol. The van der Waals surface area contributed by atoms with Crippen LogP contribution in [0.3, 0.4) is 0 Å². The molecule has 0 saturated carbocycles. The lowest BCUT2D eigenvalue weighted by Crippen LogP contribution is -2.17. The Balaban J connectivity index is 1.86. The van der Waals surface area contributed by atoms with E-state index in [4.69, 9.17) is 5.73 Å². The zero-order valence-corrected chi connectivity index (χ0v) is 10.9. The molecule has 2 aromatic heterocycles. The van der Waals surface area contributed by atoms with Crippen molar-refractivity contribution in [1.29, 1.82) is 0 Å². The van der Waals surface area contributed by atoms with Crippen LogP contribution in [0.5, 0.6) is 0 Å². The molecule has 0 bridgehead atoms. The Morgan fingerprint density at radius 2 is 2.35 bits per heavy atom. The van der Waals surface area contributed by atoms with E-state index in [0.29, 0.717) is 6.54 Å². The van der Waals surface area contributed by atoms with Gasteiger partial charge in [-0.15, -0.1) is 0 Å². The molecule has 0 spiro atoms. The van der Waals surface area contributed by atoms with E-state index >= 15 is 0 Å². The SMILES string of the molecule is CN(Cc1ccsc1)Cc1cn(CCN)cn1. The summed E-state index contributed by atoms with van der Waals surface area (Å²) in [5.74, 6) is 0. The first-order valence-electron chi connectivity index (χ1n) is 5.68. The van der Waals surface area contributed by atoms with E-state index in [9.17, 15) is 0 Å². The van der Waals surface area contributed by atoms with Crippen LogP contribution in [0.1, 0.15) is 11.3 Å². The van der Waals surface area contributed by atoms with E-state index in [2.05, 4.69) is 40.0 Å². The molecule has 2 aromatic rings. The van der Waals surface area contributed by atoms with Gasteiger partial charge in [0.25, 0.3) is 0 Å². The molecule has 0 saturated heterocycles. The number of imidazole rings is 1. The summed E-state index contributed by atoms with van der Waals surface area (Å²) in [6.45, 7) is 3.32. The second kappa shape index (κ2) is 5.95. The Morgan fingerprint density at radius 1 is 1.47 bits per heavy atom. The first-order chi connectivity index (χ1) is 8.28. The van der Waals surface area contributed by atoms with Gasteiger partial charge in [0.2, 0.25) is 0 Å². The molecule has 0 aromatic carbocycles. The standard InChI is InChI=1S/C12H18N4S/c1-15(6-11-2-5-17-9-11)7-12-8-16(4-3-13)10-14-12/h2,5,8-10H,3-4,6-7,13H2,1H3. The average Bonchev–Trinajstić information content (AvgIpc) is 2.91. The Kier molecular flexibility index (Phi) is 4.30. The van der Waals surface area contributed by atoms with Gasteiger partial charge < -0.3 is 10.3 Å². The number of hydrogen-bond donors (Lipinski definition) is 1. The zero-order valence-electron chi connectivity index (χ0n) is 10.0. The van der Waals surface area contributed by atoms with Crippen molar-refractivity contribution in [1.82, 2.24) is 14.5 Å². The van der Waals surface area contributed by atoms with Gasteiger partial charge in [-0.2, -0.15) is 11.3 Å². The Hall–Kier alpha value is -1.17. The summed E-state index contributed by atoms with van der Waals surface area (Å²) in [6, 6.07) is 2.16. The fourth-order valence-electron chi connectivity index (χ4n) is 1.79. The van der Waals surface area contributed by atoms with Gasteiger partial charge in [0.05, 0.1) is 12.0 Å². The van der Waals surface area contributed by atoms with E-state index < -0.39 is 0 Å². The van der Waals surface area contributed by atoms with E-state index in [1.807, 2.05) is 10.9 Å². The minimum atomic E-state index is 0.653. The van der Waals surface area contributed by atoms with Crippen molar-refractivity contribution >= 4 is 11.3 Å². The lowest BCUT2D eigenvalue weighted by atomic mass is 10.3. The van der Waals surface area contributed by atoms with Crippen LogP contribution in [0.25, 0.3) is 0 Å². The maximum Gasteiger partial charge on any atom is 0.0950 e. The molecule has 2 rings (SSSR count). The van der Waals surface area contributed by atoms with Crippen LogP contribution in [0.15, 0.2) is 29.4 Å². The summed E-state index contributed by atoms with van der Waals surface area (Å²) in [4.78, 5) is 6.63. The maximum atomic E-state index is 5.50. The van der Waals surface area contributed by atoms with Gasteiger partial charge in [-0.25, -0.2) is 4.98 Å². The van der Waals surface area contributed by atoms with Crippen LogP contribution in [-0.4, -0.2) is 28.0 Å². The second-order valence-corrected chi connectivity index (χ2v) is 4.98. The summed E-state index contributed by atoms with van der Waals surface area (Å²) in [7, 11) is 2.11. The lowest BCUT2D eigenvalue weighted by molar-refractivity contribution is 0.316. The van der Waals surface area contributed by atoms with E-state index in [1.54, 1.807) is 11.3 Å². The highest BCUT2D eigenvalue weighted by molar-refractivity contribution is 7.07. The largest absolute Gasteiger partial charge is 0.336 e. The third-order valence-electron chi connectivity index (χ3n) is 2.54. The molecule has 17 heavy (non-hydrogen) atoms. The summed E-state index contributed by atoms with van der Waals surface area (Å²) >= 11 is 1.74. The number of nitrogens with zero attached hydrogens (tertiary/aromatic N) is 3. The Morgan fingerprint density at radius 3 is 3.06 bits per heavy atom. The van der Waals surface area contributed by atoms with Gasteiger partial charge in [-0.05, 0) is 29.4 Å². The molecule has 2 N–H and O–H groups in total. The summed E-state index contributed by atoms with van der Waals surface area (Å²) in [5.41, 5.74) is 7.96. The van der Waals surface area contributed by atoms with Crippen molar-refractivity contribution in [2.24, 2.45) is 5.73 Å². The third kappa shape index (κ3) is 3.66. The van der Waals surface area contributed by atoms with Crippen molar-refractivity contribution in [2.45, 2.75) is 19.6 Å². The maximum absolute atomic E-state index is 5.50. The van der Waals surface area contributed by atoms with Crippen molar-refractivity contribution < 1.29 is 0 Å². The number of nitrogens with two attached hydrogens (primary N) is 1. The van der Waals surface area contributed by atoms with Gasteiger partial charge in [0.1, 0.15) is 0 Å². The molecule has 0 amide bonds. The van der Waals surface area contributed by atoms with Gasteiger partial charge >= 0.3 is 0 Å². The van der Waals surface area contributed by atoms with Crippen molar-refractivity contribution in [3.05, 3.63) is 40.6 Å². The molecule has 0 aliphatic heterocycles. The zero-order chi connectivity index (χ0) is 12.1. The minimum Gasteiger partial charge on any atom is -0.336 e. The fraction of sp³-hybridized carbons (Fsp3) is 0.417. The molecule has 0 atom stereocenters. The Labute approximate surface area is 106 Å². The smallest absolute Gasteiger partial charge is 0.0950 e. The molecule has 4 nitrogen and oxygen atoms in total. The minimum absolute atomic E-state index is 0.653. The predicted octanol–water partition coefficient (Wildman–Crippen LogP) is 1.54. The highest BCUT2D eigenvalue weighted by atomic mass is 32.1. The normalized spacial score (nSPS) is 11.2. The lowest BCUT2D eigenvalue weighted by Gasteiger charge is -2.13. The number of aromatic nitrogens is 2. The van der Waals surface area contributed by atoms with Crippen LogP contribution in [-0.2, 0) is 19.6 Å². The fourth-order valence-corrected chi connectivity index (χ4v) is 2.45. The van der Waals surface area contributed by atoms with Crippen LogP contribution >= 0.6 is 11.3 Å². The molecule has 2 heterocycles. The van der Waals surface area contributed by atoms with Crippen molar-refractivity contribution in [2.75, 3.05) is 13.6 Å². The van der Waals surface area contributed by atoms with E-state index in [-0.39, 0.29) is 0 Å². The first kappa shape index (κ1) is 12.3.